The van der Waals surface area contributed by atoms with E-state index in [0.717, 1.165) is 24.4 Å². The molecule has 0 bridgehead atoms. The summed E-state index contributed by atoms with van der Waals surface area (Å²) in [6.07, 6.45) is -3.48. The van der Waals surface area contributed by atoms with Gasteiger partial charge in [-0.25, -0.2) is 18.6 Å². The molecule has 0 aliphatic carbocycles. The third-order valence-electron chi connectivity index (χ3n) is 4.88. The maximum absolute atomic E-state index is 14.8. The van der Waals surface area contributed by atoms with E-state index in [4.69, 9.17) is 11.6 Å². The molecular formula is C20H18ClF5N4O3. The molecule has 0 saturated carbocycles. The quantitative estimate of drug-likeness (QED) is 0.494. The van der Waals surface area contributed by atoms with Crippen molar-refractivity contribution in [1.82, 2.24) is 20.5 Å². The lowest BCUT2D eigenvalue weighted by Crippen LogP contribution is -2.58. The van der Waals surface area contributed by atoms with Crippen LogP contribution in [0.4, 0.5) is 26.7 Å². The number of amides is 3. The smallest absolute Gasteiger partial charge is 0.422 e. The van der Waals surface area contributed by atoms with Crippen molar-refractivity contribution in [3.05, 3.63) is 58.2 Å². The topological polar surface area (TPSA) is 83.6 Å². The summed E-state index contributed by atoms with van der Waals surface area (Å²) < 4.78 is 70.1. The van der Waals surface area contributed by atoms with Crippen LogP contribution in [0.25, 0.3) is 0 Å². The highest BCUT2D eigenvalue weighted by molar-refractivity contribution is 6.31. The van der Waals surface area contributed by atoms with E-state index in [1.54, 1.807) is 0 Å². The molecule has 2 atom stereocenters. The normalized spacial score (nSPS) is 17.4. The molecule has 1 unspecified atom stereocenters. The Hall–Kier alpha value is -3.15. The van der Waals surface area contributed by atoms with Crippen LogP contribution >= 0.6 is 11.6 Å². The number of benzene rings is 1. The number of alkyl halides is 3. The van der Waals surface area contributed by atoms with Crippen molar-refractivity contribution < 1.29 is 36.3 Å². The van der Waals surface area contributed by atoms with Gasteiger partial charge in [0.15, 0.2) is 6.61 Å². The molecule has 1 saturated heterocycles. The van der Waals surface area contributed by atoms with Crippen molar-refractivity contribution in [2.45, 2.75) is 25.2 Å². The van der Waals surface area contributed by atoms with Gasteiger partial charge in [0.1, 0.15) is 22.7 Å². The minimum atomic E-state index is -4.57. The van der Waals surface area contributed by atoms with Crippen molar-refractivity contribution in [3.8, 4) is 5.88 Å². The summed E-state index contributed by atoms with van der Waals surface area (Å²) in [6, 6.07) is 1.58. The van der Waals surface area contributed by atoms with Gasteiger partial charge >= 0.3 is 12.2 Å². The SMILES string of the molecule is C[C@@H]1C(=O)NCCN1C(=O)NC(c1ccc(OCC(F)(F)F)nc1)c1ccc(F)c(Cl)c1F. The summed E-state index contributed by atoms with van der Waals surface area (Å²) in [5, 5.41) is 4.36. The fraction of sp³-hybridized carbons (Fsp3) is 0.350. The van der Waals surface area contributed by atoms with E-state index in [1.165, 1.54) is 17.9 Å². The lowest BCUT2D eigenvalue weighted by atomic mass is 9.99. The highest BCUT2D eigenvalue weighted by Gasteiger charge is 2.32. The monoisotopic (exact) mass is 492 g/mol. The van der Waals surface area contributed by atoms with E-state index in [1.807, 2.05) is 0 Å². The van der Waals surface area contributed by atoms with Gasteiger partial charge in [0.05, 0.1) is 6.04 Å². The van der Waals surface area contributed by atoms with Crippen molar-refractivity contribution in [2.75, 3.05) is 19.7 Å². The third kappa shape index (κ3) is 5.81. The molecule has 1 fully saturated rings. The van der Waals surface area contributed by atoms with Crippen LogP contribution < -0.4 is 15.4 Å². The number of pyridine rings is 1. The largest absolute Gasteiger partial charge is 0.468 e. The average Bonchev–Trinajstić information content (AvgIpc) is 2.76. The Balaban J connectivity index is 1.92. The molecule has 178 valence electrons. The molecular weight excluding hydrogens is 475 g/mol. The molecule has 2 N–H and O–H groups in total. The standard InChI is InChI=1S/C20H18ClF5N4O3/c1-10-18(31)27-6-7-30(10)19(32)29-17(12-3-4-13(22)15(21)16(12)23)11-2-5-14(28-8-11)33-9-20(24,25)26/h2-5,8,10,17H,6-7,9H2,1H3,(H,27,31)(H,29,32)/t10-,17?/m1/s1. The maximum atomic E-state index is 14.8. The predicted molar refractivity (Wildman–Crippen MR) is 107 cm³/mol. The van der Waals surface area contributed by atoms with Gasteiger partial charge in [-0.2, -0.15) is 13.2 Å². The number of nitrogens with zero attached hydrogens (tertiary/aromatic N) is 2. The van der Waals surface area contributed by atoms with Crippen molar-refractivity contribution in [3.63, 3.8) is 0 Å². The van der Waals surface area contributed by atoms with E-state index in [2.05, 4.69) is 20.4 Å². The van der Waals surface area contributed by atoms with Crippen LogP contribution in [0.5, 0.6) is 5.88 Å². The summed E-state index contributed by atoms with van der Waals surface area (Å²) in [6.45, 7) is 0.342. The second-order valence-electron chi connectivity index (χ2n) is 7.14. The molecule has 7 nitrogen and oxygen atoms in total. The van der Waals surface area contributed by atoms with E-state index < -0.39 is 47.6 Å². The van der Waals surface area contributed by atoms with Crippen molar-refractivity contribution in [2.24, 2.45) is 0 Å². The highest BCUT2D eigenvalue weighted by atomic mass is 35.5. The van der Waals surface area contributed by atoms with E-state index in [0.29, 0.717) is 0 Å². The molecule has 2 heterocycles. The molecule has 3 amide bonds. The Morgan fingerprint density at radius 2 is 2.06 bits per heavy atom. The fourth-order valence-electron chi connectivity index (χ4n) is 3.17. The lowest BCUT2D eigenvalue weighted by molar-refractivity contribution is -0.154. The van der Waals surface area contributed by atoms with Gasteiger partial charge in [0, 0.05) is 30.9 Å². The van der Waals surface area contributed by atoms with E-state index in [-0.39, 0.29) is 36.0 Å². The number of rotatable bonds is 5. The number of hydrogen-bond donors (Lipinski definition) is 2. The van der Waals surface area contributed by atoms with E-state index >= 15 is 0 Å². The molecule has 1 aromatic heterocycles. The number of carbonyl (C=O) groups excluding carboxylic acids is 2. The summed E-state index contributed by atoms with van der Waals surface area (Å²) in [4.78, 5) is 29.8. The van der Waals surface area contributed by atoms with Gasteiger partial charge in [0.25, 0.3) is 0 Å². The van der Waals surface area contributed by atoms with Crippen molar-refractivity contribution >= 4 is 23.5 Å². The van der Waals surface area contributed by atoms with Gasteiger partial charge in [-0.1, -0.05) is 17.7 Å². The van der Waals surface area contributed by atoms with Crippen molar-refractivity contribution in [1.29, 1.82) is 0 Å². The van der Waals surface area contributed by atoms with Crippen LogP contribution in [-0.4, -0.2) is 53.7 Å². The predicted octanol–water partition coefficient (Wildman–Crippen LogP) is 3.57. The Kier molecular flexibility index (Phi) is 7.25. The zero-order valence-corrected chi connectivity index (χ0v) is 17.8. The Labute approximate surface area is 189 Å². The number of carbonyl (C=O) groups is 2. The Morgan fingerprint density at radius 1 is 1.33 bits per heavy atom. The van der Waals surface area contributed by atoms with Crippen LogP contribution in [0.2, 0.25) is 5.02 Å². The van der Waals surface area contributed by atoms with Crippen LogP contribution in [0.15, 0.2) is 30.5 Å². The molecule has 1 aliphatic rings. The summed E-state index contributed by atoms with van der Waals surface area (Å²) in [7, 11) is 0. The van der Waals surface area contributed by atoms with Crippen LogP contribution in [0.3, 0.4) is 0 Å². The zero-order chi connectivity index (χ0) is 24.3. The molecule has 1 aromatic carbocycles. The summed E-state index contributed by atoms with van der Waals surface area (Å²) in [5.74, 6) is -2.88. The number of ether oxygens (including phenoxy) is 1. The molecule has 0 radical (unpaired) electrons. The number of piperazine rings is 1. The average molecular weight is 493 g/mol. The maximum Gasteiger partial charge on any atom is 0.422 e. The number of aromatic nitrogens is 1. The number of halogens is 6. The summed E-state index contributed by atoms with van der Waals surface area (Å²) in [5.41, 5.74) is -0.0620. The molecule has 3 rings (SSSR count). The van der Waals surface area contributed by atoms with Gasteiger partial charge < -0.3 is 20.3 Å². The zero-order valence-electron chi connectivity index (χ0n) is 17.0. The first-order valence-corrected chi connectivity index (χ1v) is 9.99. The van der Waals surface area contributed by atoms with Crippen LogP contribution in [0, 0.1) is 11.6 Å². The Bertz CT molecular complexity index is 1040. The minimum Gasteiger partial charge on any atom is -0.468 e. The highest BCUT2D eigenvalue weighted by Crippen LogP contribution is 2.31. The van der Waals surface area contributed by atoms with Gasteiger partial charge in [0.2, 0.25) is 11.8 Å². The first-order chi connectivity index (χ1) is 15.5. The van der Waals surface area contributed by atoms with Gasteiger partial charge in [-0.05, 0) is 24.6 Å². The lowest BCUT2D eigenvalue weighted by Gasteiger charge is -2.34. The molecule has 1 aliphatic heterocycles. The third-order valence-corrected chi connectivity index (χ3v) is 5.23. The first kappa shape index (κ1) is 24.5. The molecule has 33 heavy (non-hydrogen) atoms. The second kappa shape index (κ2) is 9.77. The fourth-order valence-corrected chi connectivity index (χ4v) is 3.35. The number of nitrogens with one attached hydrogen (secondary N) is 2. The number of urea groups is 1. The van der Waals surface area contributed by atoms with Crippen LogP contribution in [0.1, 0.15) is 24.1 Å². The summed E-state index contributed by atoms with van der Waals surface area (Å²) >= 11 is 5.68. The molecule has 2 aromatic rings. The van der Waals surface area contributed by atoms with Gasteiger partial charge in [-0.3, -0.25) is 4.79 Å². The Morgan fingerprint density at radius 3 is 2.70 bits per heavy atom. The van der Waals surface area contributed by atoms with Crippen LogP contribution in [-0.2, 0) is 4.79 Å². The first-order valence-electron chi connectivity index (χ1n) is 9.61. The minimum absolute atomic E-state index is 0.151. The molecule has 13 heteroatoms. The van der Waals surface area contributed by atoms with Gasteiger partial charge in [-0.15, -0.1) is 0 Å². The second-order valence-corrected chi connectivity index (χ2v) is 7.52. The molecule has 0 spiro atoms. The number of hydrogen-bond acceptors (Lipinski definition) is 4. The van der Waals surface area contributed by atoms with E-state index in [9.17, 15) is 31.5 Å².